The van der Waals surface area contributed by atoms with Crippen LogP contribution in [0.25, 0.3) is 0 Å². The molecule has 2 aliphatic rings. The Hall–Kier alpha value is -0.280. The molecule has 2 heterocycles. The number of piperidine rings is 2. The van der Waals surface area contributed by atoms with Crippen molar-refractivity contribution in [2.24, 2.45) is 0 Å². The largest absolute Gasteiger partial charge is 0.329 e. The van der Waals surface area contributed by atoms with Gasteiger partial charge in [-0.1, -0.05) is 34.1 Å². The maximum Gasteiger partial charge on any atom is 0.316 e. The van der Waals surface area contributed by atoms with E-state index in [1.54, 1.807) is 4.90 Å². The van der Waals surface area contributed by atoms with E-state index in [2.05, 4.69) is 4.90 Å². The van der Waals surface area contributed by atoms with Crippen molar-refractivity contribution in [2.75, 3.05) is 26.2 Å². The molecule has 0 radical (unpaired) electrons. The van der Waals surface area contributed by atoms with Crippen molar-refractivity contribution in [3.8, 4) is 0 Å². The van der Waals surface area contributed by atoms with Crippen LogP contribution in [-0.2, 0) is 0 Å². The van der Waals surface area contributed by atoms with Crippen LogP contribution in [0.2, 0.25) is 0 Å². The summed E-state index contributed by atoms with van der Waals surface area (Å²) in [6.45, 7) is 12.2. The fourth-order valence-electron chi connectivity index (χ4n) is 2.69. The maximum atomic E-state index is 11.0. The number of rotatable bonds is 1. The van der Waals surface area contributed by atoms with Crippen molar-refractivity contribution >= 4 is 17.0 Å². The molecule has 0 spiro atoms. The lowest BCUT2D eigenvalue weighted by Gasteiger charge is -2.39. The Bertz CT molecular complexity index is 222. The Morgan fingerprint density at radius 2 is 1.37 bits per heavy atom. The van der Waals surface area contributed by atoms with Crippen LogP contribution in [0.3, 0.4) is 0 Å². The van der Waals surface area contributed by atoms with Gasteiger partial charge in [0.15, 0.2) is 0 Å². The number of halogens is 1. The van der Waals surface area contributed by atoms with Gasteiger partial charge in [-0.25, -0.2) is 0 Å². The summed E-state index contributed by atoms with van der Waals surface area (Å²) < 4.78 is 0. The number of hydrogen-bond acceptors (Lipinski definition) is 2. The van der Waals surface area contributed by atoms with E-state index >= 15 is 0 Å². The van der Waals surface area contributed by atoms with Crippen LogP contribution in [0.1, 0.15) is 59.8 Å². The first kappa shape index (κ1) is 18.7. The van der Waals surface area contributed by atoms with E-state index in [0.29, 0.717) is 6.04 Å². The molecule has 2 fully saturated rings. The molecule has 4 heteroatoms. The van der Waals surface area contributed by atoms with Gasteiger partial charge in [-0.05, 0) is 50.4 Å². The van der Waals surface area contributed by atoms with Crippen molar-refractivity contribution in [2.45, 2.75) is 65.8 Å². The van der Waals surface area contributed by atoms with Gasteiger partial charge >= 0.3 is 5.37 Å². The number of carbonyl (C=O) groups is 1. The van der Waals surface area contributed by atoms with E-state index in [-0.39, 0.29) is 5.37 Å². The Labute approximate surface area is 124 Å². The summed E-state index contributed by atoms with van der Waals surface area (Å²) >= 11 is 5.46. The topological polar surface area (TPSA) is 23.6 Å². The van der Waals surface area contributed by atoms with Gasteiger partial charge < -0.3 is 9.80 Å². The van der Waals surface area contributed by atoms with Crippen LogP contribution in [-0.4, -0.2) is 47.4 Å². The van der Waals surface area contributed by atoms with Crippen molar-refractivity contribution in [3.63, 3.8) is 0 Å². The monoisotopic (exact) mass is 290 g/mol. The molecule has 3 nitrogen and oxygen atoms in total. The predicted octanol–water partition coefficient (Wildman–Crippen LogP) is 4.35. The Morgan fingerprint density at radius 3 is 1.79 bits per heavy atom. The van der Waals surface area contributed by atoms with Crippen molar-refractivity contribution in [1.82, 2.24) is 9.80 Å². The molecule has 19 heavy (non-hydrogen) atoms. The van der Waals surface area contributed by atoms with Gasteiger partial charge in [0.2, 0.25) is 0 Å². The van der Waals surface area contributed by atoms with E-state index in [9.17, 15) is 4.79 Å². The summed E-state index contributed by atoms with van der Waals surface area (Å²) in [7, 11) is 0. The molecule has 114 valence electrons. The van der Waals surface area contributed by atoms with Crippen LogP contribution in [0.15, 0.2) is 0 Å². The van der Waals surface area contributed by atoms with Gasteiger partial charge in [0, 0.05) is 19.1 Å². The van der Waals surface area contributed by atoms with Crippen molar-refractivity contribution in [3.05, 3.63) is 0 Å². The molecule has 0 unspecified atom stereocenters. The molecule has 0 saturated carbocycles. The third-order valence-corrected chi connectivity index (χ3v) is 3.86. The van der Waals surface area contributed by atoms with Crippen LogP contribution >= 0.6 is 11.6 Å². The number of carbonyl (C=O) groups excluding carboxylic acids is 1. The first-order chi connectivity index (χ1) is 9.27. The molecule has 1 amide bonds. The summed E-state index contributed by atoms with van der Waals surface area (Å²) in [5.41, 5.74) is 0. The summed E-state index contributed by atoms with van der Waals surface area (Å²) in [6, 6.07) is 0.692. The minimum Gasteiger partial charge on any atom is -0.329 e. The van der Waals surface area contributed by atoms with E-state index in [1.807, 2.05) is 27.7 Å². The molecule has 0 aromatic carbocycles. The maximum absolute atomic E-state index is 11.0. The van der Waals surface area contributed by atoms with Gasteiger partial charge in [0.1, 0.15) is 0 Å². The van der Waals surface area contributed by atoms with E-state index in [0.717, 1.165) is 25.9 Å². The minimum absolute atomic E-state index is 0.285. The third kappa shape index (κ3) is 6.62. The first-order valence-electron chi connectivity index (χ1n) is 7.96. The zero-order valence-corrected chi connectivity index (χ0v) is 13.9. The van der Waals surface area contributed by atoms with Crippen molar-refractivity contribution < 1.29 is 4.79 Å². The molecular weight excluding hydrogens is 260 g/mol. The summed E-state index contributed by atoms with van der Waals surface area (Å²) in [5, 5.41) is -0.285. The highest BCUT2D eigenvalue weighted by atomic mass is 35.5. The summed E-state index contributed by atoms with van der Waals surface area (Å²) in [4.78, 5) is 15.3. The number of nitrogens with zero attached hydrogens (tertiary/aromatic N) is 2. The third-order valence-electron chi connectivity index (χ3n) is 3.62. The average molecular weight is 291 g/mol. The zero-order chi connectivity index (χ0) is 14.7. The second-order valence-electron chi connectivity index (χ2n) is 4.57. The summed E-state index contributed by atoms with van der Waals surface area (Å²) in [6.07, 6.45) is 6.26. The highest BCUT2D eigenvalue weighted by Crippen LogP contribution is 2.21. The molecule has 0 aliphatic carbocycles. The Kier molecular flexibility index (Phi) is 11.4. The Balaban J connectivity index is 0.000000741. The lowest BCUT2D eigenvalue weighted by molar-refractivity contribution is 0.107. The quantitative estimate of drug-likeness (QED) is 0.529. The molecule has 2 aliphatic heterocycles. The molecule has 2 rings (SSSR count). The average Bonchev–Trinajstić information content (AvgIpc) is 2.52. The fraction of sp³-hybridized carbons (Fsp3) is 0.933. The van der Waals surface area contributed by atoms with Gasteiger partial charge in [-0.3, -0.25) is 4.79 Å². The molecular formula is C15H31ClN2O. The Morgan fingerprint density at radius 1 is 0.895 bits per heavy atom. The van der Waals surface area contributed by atoms with Crippen LogP contribution in [0, 0.1) is 0 Å². The van der Waals surface area contributed by atoms with Crippen LogP contribution in [0.4, 0.5) is 4.79 Å². The molecule has 0 aromatic rings. The highest BCUT2D eigenvalue weighted by molar-refractivity contribution is 6.62. The predicted molar refractivity (Wildman–Crippen MR) is 84.0 cm³/mol. The van der Waals surface area contributed by atoms with E-state index < -0.39 is 0 Å². The van der Waals surface area contributed by atoms with Gasteiger partial charge in [-0.15, -0.1) is 0 Å². The smallest absolute Gasteiger partial charge is 0.316 e. The lowest BCUT2D eigenvalue weighted by Crippen LogP contribution is -2.47. The first-order valence-corrected chi connectivity index (χ1v) is 8.33. The molecule has 0 aromatic heterocycles. The standard InChI is InChI=1S/C11H19ClN2O.2C2H6/c12-11(15)14-8-4-10(5-9-14)13-6-2-1-3-7-13;2*1-2/h10H,1-9H2;2*1-2H3. The number of amides is 1. The van der Waals surface area contributed by atoms with E-state index in [1.165, 1.54) is 32.4 Å². The van der Waals surface area contributed by atoms with Gasteiger partial charge in [-0.2, -0.15) is 0 Å². The van der Waals surface area contributed by atoms with Gasteiger partial charge in [0.25, 0.3) is 0 Å². The van der Waals surface area contributed by atoms with Crippen LogP contribution < -0.4 is 0 Å². The minimum atomic E-state index is -0.285. The molecule has 0 bridgehead atoms. The molecule has 2 saturated heterocycles. The highest BCUT2D eigenvalue weighted by Gasteiger charge is 2.26. The second kappa shape index (κ2) is 11.5. The number of hydrogen-bond donors (Lipinski definition) is 0. The lowest BCUT2D eigenvalue weighted by atomic mass is 10.0. The number of likely N-dealkylation sites (tertiary alicyclic amines) is 2. The summed E-state index contributed by atoms with van der Waals surface area (Å²) in [5.74, 6) is 0. The molecule has 0 atom stereocenters. The SMILES string of the molecule is CC.CC.O=C(Cl)N1CCC(N2CCCCC2)CC1. The van der Waals surface area contributed by atoms with E-state index in [4.69, 9.17) is 11.6 Å². The molecule has 0 N–H and O–H groups in total. The second-order valence-corrected chi connectivity index (χ2v) is 4.89. The fourth-order valence-corrected chi connectivity index (χ4v) is 2.86. The normalized spacial score (nSPS) is 20.8. The van der Waals surface area contributed by atoms with Crippen LogP contribution in [0.5, 0.6) is 0 Å². The zero-order valence-electron chi connectivity index (χ0n) is 13.1. The van der Waals surface area contributed by atoms with Crippen molar-refractivity contribution in [1.29, 1.82) is 0 Å². The van der Waals surface area contributed by atoms with Gasteiger partial charge in [0.05, 0.1) is 0 Å².